The van der Waals surface area contributed by atoms with Crippen LogP contribution in [0.1, 0.15) is 11.4 Å². The van der Waals surface area contributed by atoms with Crippen LogP contribution in [-0.4, -0.2) is 15.6 Å². The van der Waals surface area contributed by atoms with Crippen molar-refractivity contribution in [3.05, 3.63) is 82.4 Å². The zero-order valence-corrected chi connectivity index (χ0v) is 14.7. The fourth-order valence-electron chi connectivity index (χ4n) is 2.23. The molecule has 7 heteroatoms. The van der Waals surface area contributed by atoms with Crippen molar-refractivity contribution in [3.8, 4) is 0 Å². The van der Waals surface area contributed by atoms with Gasteiger partial charge in [-0.1, -0.05) is 35.3 Å². The number of hydrogen-bond donors (Lipinski definition) is 1. The molecule has 1 amide bonds. The number of carbonyl (C=O) groups is 1. The number of anilines is 1. The van der Waals surface area contributed by atoms with Crippen molar-refractivity contribution >= 4 is 35.0 Å². The molecular formula is C18H15Cl2N3O2. The molecule has 0 fully saturated rings. The Bertz CT molecular complexity index is 846. The Morgan fingerprint density at radius 1 is 1.04 bits per heavy atom. The Morgan fingerprint density at radius 2 is 1.68 bits per heavy atom. The number of ether oxygens (including phenoxy) is 1. The highest BCUT2D eigenvalue weighted by Crippen LogP contribution is 2.14. The average molecular weight is 376 g/mol. The lowest BCUT2D eigenvalue weighted by Gasteiger charge is -2.10. The minimum atomic E-state index is -0.552. The first-order chi connectivity index (χ1) is 12.1. The molecule has 0 bridgehead atoms. The summed E-state index contributed by atoms with van der Waals surface area (Å²) in [6.45, 7) is 0.689. The molecule has 0 atom stereocenters. The number of hydrogen-bond acceptors (Lipinski definition) is 3. The SMILES string of the molecule is O=C(Nc1ccc(Cl)cc1)OCc1nccn1Cc1ccc(Cl)cc1. The van der Waals surface area contributed by atoms with Gasteiger partial charge in [0.25, 0.3) is 0 Å². The third kappa shape index (κ3) is 4.98. The van der Waals surface area contributed by atoms with E-state index in [0.29, 0.717) is 28.1 Å². The molecule has 5 nitrogen and oxygen atoms in total. The minimum absolute atomic E-state index is 0.0695. The second-order valence-corrected chi connectivity index (χ2v) is 6.18. The molecule has 0 radical (unpaired) electrons. The number of aromatic nitrogens is 2. The largest absolute Gasteiger partial charge is 0.441 e. The lowest BCUT2D eigenvalue weighted by atomic mass is 10.2. The van der Waals surface area contributed by atoms with Crippen LogP contribution in [0.5, 0.6) is 0 Å². The van der Waals surface area contributed by atoms with E-state index < -0.39 is 6.09 Å². The summed E-state index contributed by atoms with van der Waals surface area (Å²) < 4.78 is 7.15. The van der Waals surface area contributed by atoms with E-state index in [-0.39, 0.29) is 6.61 Å². The average Bonchev–Trinajstić information content (AvgIpc) is 3.04. The molecule has 3 rings (SSSR count). The highest BCUT2D eigenvalue weighted by Gasteiger charge is 2.08. The Balaban J connectivity index is 1.56. The number of nitrogens with one attached hydrogen (secondary N) is 1. The molecule has 1 N–H and O–H groups in total. The maximum absolute atomic E-state index is 11.9. The van der Waals surface area contributed by atoms with Crippen LogP contribution in [-0.2, 0) is 17.9 Å². The highest BCUT2D eigenvalue weighted by molar-refractivity contribution is 6.30. The number of halogens is 2. The fourth-order valence-corrected chi connectivity index (χ4v) is 2.48. The molecule has 25 heavy (non-hydrogen) atoms. The predicted molar refractivity (Wildman–Crippen MR) is 98.0 cm³/mol. The number of carbonyl (C=O) groups excluding carboxylic acids is 1. The lowest BCUT2D eigenvalue weighted by molar-refractivity contribution is 0.150. The number of benzene rings is 2. The number of imidazole rings is 1. The monoisotopic (exact) mass is 375 g/mol. The summed E-state index contributed by atoms with van der Waals surface area (Å²) in [5, 5.41) is 3.93. The smallest absolute Gasteiger partial charge is 0.412 e. The molecule has 0 aliphatic heterocycles. The summed E-state index contributed by atoms with van der Waals surface area (Å²) in [4.78, 5) is 16.1. The minimum Gasteiger partial charge on any atom is -0.441 e. The van der Waals surface area contributed by atoms with Crippen LogP contribution in [0.15, 0.2) is 60.9 Å². The predicted octanol–water partition coefficient (Wildman–Crippen LogP) is 4.99. The van der Waals surface area contributed by atoms with Crippen LogP contribution >= 0.6 is 23.2 Å². The van der Waals surface area contributed by atoms with Crippen molar-refractivity contribution in [1.82, 2.24) is 9.55 Å². The molecule has 0 saturated carbocycles. The second kappa shape index (κ2) is 8.05. The van der Waals surface area contributed by atoms with E-state index in [1.165, 1.54) is 0 Å². The van der Waals surface area contributed by atoms with Gasteiger partial charge in [0.1, 0.15) is 5.82 Å². The summed E-state index contributed by atoms with van der Waals surface area (Å²) in [7, 11) is 0. The van der Waals surface area contributed by atoms with Crippen molar-refractivity contribution in [3.63, 3.8) is 0 Å². The molecule has 1 heterocycles. The number of nitrogens with zero attached hydrogens (tertiary/aromatic N) is 2. The molecule has 0 saturated heterocycles. The van der Waals surface area contributed by atoms with E-state index in [0.717, 1.165) is 5.56 Å². The standard InChI is InChI=1S/C18H15Cl2N3O2/c19-14-3-1-13(2-4-14)11-23-10-9-21-17(23)12-25-18(24)22-16-7-5-15(20)6-8-16/h1-10H,11-12H2,(H,22,24). The zero-order valence-electron chi connectivity index (χ0n) is 13.2. The first-order valence-electron chi connectivity index (χ1n) is 7.54. The Hall–Kier alpha value is -2.50. The quantitative estimate of drug-likeness (QED) is 0.683. The van der Waals surface area contributed by atoms with Gasteiger partial charge in [0.2, 0.25) is 0 Å². The molecule has 1 aromatic heterocycles. The summed E-state index contributed by atoms with van der Waals surface area (Å²) >= 11 is 11.7. The van der Waals surface area contributed by atoms with Gasteiger partial charge in [-0.15, -0.1) is 0 Å². The molecular weight excluding hydrogens is 361 g/mol. The Labute approximate surface area is 155 Å². The van der Waals surface area contributed by atoms with Crippen molar-refractivity contribution in [2.75, 3.05) is 5.32 Å². The van der Waals surface area contributed by atoms with Crippen molar-refractivity contribution in [2.24, 2.45) is 0 Å². The van der Waals surface area contributed by atoms with Crippen LogP contribution in [0.2, 0.25) is 10.0 Å². The zero-order chi connectivity index (χ0) is 17.6. The van der Waals surface area contributed by atoms with E-state index >= 15 is 0 Å². The maximum Gasteiger partial charge on any atom is 0.412 e. The van der Waals surface area contributed by atoms with Crippen molar-refractivity contribution in [1.29, 1.82) is 0 Å². The lowest BCUT2D eigenvalue weighted by Crippen LogP contribution is -2.15. The van der Waals surface area contributed by atoms with Crippen LogP contribution in [0.3, 0.4) is 0 Å². The molecule has 3 aromatic rings. The topological polar surface area (TPSA) is 56.1 Å². The van der Waals surface area contributed by atoms with Crippen LogP contribution in [0, 0.1) is 0 Å². The van der Waals surface area contributed by atoms with Gasteiger partial charge in [0.05, 0.1) is 0 Å². The van der Waals surface area contributed by atoms with E-state index in [4.69, 9.17) is 27.9 Å². The van der Waals surface area contributed by atoms with Crippen molar-refractivity contribution in [2.45, 2.75) is 13.2 Å². The van der Waals surface area contributed by atoms with E-state index in [9.17, 15) is 4.79 Å². The molecule has 0 aliphatic carbocycles. The van der Waals surface area contributed by atoms with Gasteiger partial charge >= 0.3 is 6.09 Å². The van der Waals surface area contributed by atoms with E-state index in [2.05, 4.69) is 10.3 Å². The summed E-state index contributed by atoms with van der Waals surface area (Å²) in [6, 6.07) is 14.3. The Morgan fingerprint density at radius 3 is 2.36 bits per heavy atom. The van der Waals surface area contributed by atoms with E-state index in [1.807, 2.05) is 35.0 Å². The molecule has 128 valence electrons. The summed E-state index contributed by atoms with van der Waals surface area (Å²) in [6.07, 6.45) is 2.96. The van der Waals surface area contributed by atoms with Gasteiger partial charge in [0, 0.05) is 34.7 Å². The summed E-state index contributed by atoms with van der Waals surface area (Å²) in [5.74, 6) is 0.654. The van der Waals surface area contributed by atoms with Gasteiger partial charge in [-0.3, -0.25) is 5.32 Å². The number of rotatable bonds is 5. The molecule has 0 spiro atoms. The summed E-state index contributed by atoms with van der Waals surface area (Å²) in [5.41, 5.74) is 1.69. The fraction of sp³-hybridized carbons (Fsp3) is 0.111. The first-order valence-corrected chi connectivity index (χ1v) is 8.29. The highest BCUT2D eigenvalue weighted by atomic mass is 35.5. The van der Waals surface area contributed by atoms with E-state index in [1.54, 1.807) is 30.5 Å². The van der Waals surface area contributed by atoms with Gasteiger partial charge in [0.15, 0.2) is 6.61 Å². The number of amides is 1. The van der Waals surface area contributed by atoms with Crippen LogP contribution < -0.4 is 5.32 Å². The Kier molecular flexibility index (Phi) is 5.58. The van der Waals surface area contributed by atoms with Crippen molar-refractivity contribution < 1.29 is 9.53 Å². The van der Waals surface area contributed by atoms with Crippen LogP contribution in [0.4, 0.5) is 10.5 Å². The van der Waals surface area contributed by atoms with Crippen LogP contribution in [0.25, 0.3) is 0 Å². The normalized spacial score (nSPS) is 10.5. The van der Waals surface area contributed by atoms with Gasteiger partial charge < -0.3 is 9.30 Å². The van der Waals surface area contributed by atoms with Gasteiger partial charge in [-0.05, 0) is 42.0 Å². The van der Waals surface area contributed by atoms with Gasteiger partial charge in [-0.25, -0.2) is 9.78 Å². The molecule has 0 unspecified atom stereocenters. The van der Waals surface area contributed by atoms with Gasteiger partial charge in [-0.2, -0.15) is 0 Å². The second-order valence-electron chi connectivity index (χ2n) is 5.31. The first kappa shape index (κ1) is 17.3. The third-order valence-corrected chi connectivity index (χ3v) is 3.99. The third-order valence-electron chi connectivity index (χ3n) is 3.49. The molecule has 0 aliphatic rings. The maximum atomic E-state index is 11.9. The molecule has 2 aromatic carbocycles.